The maximum atomic E-state index is 13.1. The number of amides is 1. The van der Waals surface area contributed by atoms with Crippen molar-refractivity contribution in [2.24, 2.45) is 5.73 Å². The summed E-state index contributed by atoms with van der Waals surface area (Å²) in [6, 6.07) is 5.50. The number of aromatic nitrogens is 2. The van der Waals surface area contributed by atoms with E-state index in [1.807, 2.05) is 12.4 Å². The van der Waals surface area contributed by atoms with Crippen LogP contribution in [0.2, 0.25) is 0 Å². The Bertz CT molecular complexity index is 618. The molecule has 0 spiro atoms. The Morgan fingerprint density at radius 3 is 2.55 bits per heavy atom. The number of H-pyrrole nitrogens is 1. The van der Waals surface area contributed by atoms with Crippen molar-refractivity contribution >= 4 is 5.91 Å². The number of nitrogens with zero attached hydrogens (tertiary/aromatic N) is 2. The van der Waals surface area contributed by atoms with Crippen molar-refractivity contribution in [1.82, 2.24) is 15.1 Å². The Balaban J connectivity index is 1.71. The van der Waals surface area contributed by atoms with Gasteiger partial charge in [0.05, 0.1) is 6.20 Å². The van der Waals surface area contributed by atoms with E-state index >= 15 is 0 Å². The number of rotatable bonds is 4. The molecular weight excluding hydrogens is 283 g/mol. The maximum Gasteiger partial charge on any atom is 0.239 e. The number of hydrogen-bond acceptors (Lipinski definition) is 3. The van der Waals surface area contributed by atoms with Crippen molar-refractivity contribution in [2.75, 3.05) is 13.1 Å². The van der Waals surface area contributed by atoms with Crippen molar-refractivity contribution in [1.29, 1.82) is 0 Å². The van der Waals surface area contributed by atoms with Gasteiger partial charge in [-0.3, -0.25) is 14.8 Å². The first-order valence-corrected chi connectivity index (χ1v) is 7.42. The Kier molecular flexibility index (Phi) is 4.20. The summed E-state index contributed by atoms with van der Waals surface area (Å²) < 4.78 is 13.1. The van der Waals surface area contributed by atoms with Gasteiger partial charge in [0, 0.05) is 6.20 Å². The standard InChI is InChI=1S/C16H19FN4O/c17-14-3-1-12(2-4-14)15(16(18)22)21-7-5-11(6-8-21)13-9-19-20-10-13/h1-4,9-11,15H,5-8H2,(H2,18,22)(H,19,20). The van der Waals surface area contributed by atoms with Gasteiger partial charge in [-0.2, -0.15) is 5.10 Å². The summed E-state index contributed by atoms with van der Waals surface area (Å²) in [6.07, 6.45) is 5.67. The predicted octanol–water partition coefficient (Wildman–Crippen LogP) is 1.95. The van der Waals surface area contributed by atoms with E-state index in [-0.39, 0.29) is 5.82 Å². The molecule has 0 radical (unpaired) electrons. The SMILES string of the molecule is NC(=O)C(c1ccc(F)cc1)N1CCC(c2cn[nH]c2)CC1. The lowest BCUT2D eigenvalue weighted by Gasteiger charge is -2.36. The van der Waals surface area contributed by atoms with Gasteiger partial charge in [-0.25, -0.2) is 4.39 Å². The van der Waals surface area contributed by atoms with E-state index < -0.39 is 11.9 Å². The summed E-state index contributed by atoms with van der Waals surface area (Å²) in [5, 5.41) is 6.82. The van der Waals surface area contributed by atoms with Gasteiger partial charge in [-0.15, -0.1) is 0 Å². The van der Waals surface area contributed by atoms with E-state index in [4.69, 9.17) is 5.73 Å². The molecular formula is C16H19FN4O. The second-order valence-electron chi connectivity index (χ2n) is 5.70. The molecule has 22 heavy (non-hydrogen) atoms. The zero-order chi connectivity index (χ0) is 15.5. The number of carbonyl (C=O) groups is 1. The molecule has 6 heteroatoms. The van der Waals surface area contributed by atoms with E-state index in [1.165, 1.54) is 17.7 Å². The van der Waals surface area contributed by atoms with Crippen LogP contribution in [0.4, 0.5) is 4.39 Å². The first-order valence-electron chi connectivity index (χ1n) is 7.42. The smallest absolute Gasteiger partial charge is 0.239 e. The number of benzene rings is 1. The average molecular weight is 302 g/mol. The van der Waals surface area contributed by atoms with Crippen LogP contribution in [-0.2, 0) is 4.79 Å². The van der Waals surface area contributed by atoms with Crippen LogP contribution in [0.15, 0.2) is 36.7 Å². The van der Waals surface area contributed by atoms with Crippen LogP contribution in [0.1, 0.15) is 35.9 Å². The molecule has 2 aromatic rings. The molecule has 1 unspecified atom stereocenters. The van der Waals surface area contributed by atoms with Crippen LogP contribution in [0.3, 0.4) is 0 Å². The number of hydrogen-bond donors (Lipinski definition) is 2. The number of aromatic amines is 1. The lowest BCUT2D eigenvalue weighted by atomic mass is 9.90. The molecule has 116 valence electrons. The van der Waals surface area contributed by atoms with Gasteiger partial charge in [-0.05, 0) is 55.1 Å². The number of likely N-dealkylation sites (tertiary alicyclic amines) is 1. The molecule has 1 saturated heterocycles. The quantitative estimate of drug-likeness (QED) is 0.906. The molecule has 1 aromatic heterocycles. The summed E-state index contributed by atoms with van der Waals surface area (Å²) in [5.41, 5.74) is 7.53. The van der Waals surface area contributed by atoms with Gasteiger partial charge in [0.1, 0.15) is 11.9 Å². The van der Waals surface area contributed by atoms with Crippen LogP contribution < -0.4 is 5.73 Å². The molecule has 1 aromatic carbocycles. The normalized spacial score (nSPS) is 18.2. The third-order valence-electron chi connectivity index (χ3n) is 4.34. The number of nitrogens with two attached hydrogens (primary N) is 1. The molecule has 0 aliphatic carbocycles. The number of nitrogens with one attached hydrogen (secondary N) is 1. The predicted molar refractivity (Wildman–Crippen MR) is 80.5 cm³/mol. The number of halogens is 1. The molecule has 1 atom stereocenters. The van der Waals surface area contributed by atoms with E-state index in [0.29, 0.717) is 5.92 Å². The number of primary amides is 1. The summed E-state index contributed by atoms with van der Waals surface area (Å²) in [7, 11) is 0. The molecule has 1 aliphatic rings. The minimum Gasteiger partial charge on any atom is -0.368 e. The zero-order valence-corrected chi connectivity index (χ0v) is 12.2. The van der Waals surface area contributed by atoms with Gasteiger partial charge >= 0.3 is 0 Å². The van der Waals surface area contributed by atoms with E-state index in [9.17, 15) is 9.18 Å². The van der Waals surface area contributed by atoms with Gasteiger partial charge < -0.3 is 5.73 Å². The molecule has 1 fully saturated rings. The molecule has 5 nitrogen and oxygen atoms in total. The lowest BCUT2D eigenvalue weighted by Crippen LogP contribution is -2.42. The lowest BCUT2D eigenvalue weighted by molar-refractivity contribution is -0.124. The van der Waals surface area contributed by atoms with Crippen molar-refractivity contribution in [2.45, 2.75) is 24.8 Å². The topological polar surface area (TPSA) is 75.0 Å². The second-order valence-corrected chi connectivity index (χ2v) is 5.70. The number of piperidine rings is 1. The second kappa shape index (κ2) is 6.27. The van der Waals surface area contributed by atoms with Crippen LogP contribution in [0.25, 0.3) is 0 Å². The highest BCUT2D eigenvalue weighted by Gasteiger charge is 2.30. The van der Waals surface area contributed by atoms with E-state index in [0.717, 1.165) is 31.5 Å². The van der Waals surface area contributed by atoms with Gasteiger partial charge in [-0.1, -0.05) is 12.1 Å². The molecule has 3 N–H and O–H groups in total. The fourth-order valence-electron chi connectivity index (χ4n) is 3.18. The highest BCUT2D eigenvalue weighted by atomic mass is 19.1. The van der Waals surface area contributed by atoms with Gasteiger partial charge in [0.25, 0.3) is 0 Å². The minimum atomic E-state index is -0.495. The van der Waals surface area contributed by atoms with Crippen molar-refractivity contribution in [3.8, 4) is 0 Å². The Labute approximate surface area is 128 Å². The van der Waals surface area contributed by atoms with Gasteiger partial charge in [0.2, 0.25) is 5.91 Å². The highest BCUT2D eigenvalue weighted by Crippen LogP contribution is 2.31. The first-order chi connectivity index (χ1) is 10.6. The monoisotopic (exact) mass is 302 g/mol. The largest absolute Gasteiger partial charge is 0.368 e. The third kappa shape index (κ3) is 3.01. The molecule has 2 heterocycles. The fraction of sp³-hybridized carbons (Fsp3) is 0.375. The van der Waals surface area contributed by atoms with E-state index in [1.54, 1.807) is 12.1 Å². The van der Waals surface area contributed by atoms with Crippen molar-refractivity contribution in [3.05, 3.63) is 53.6 Å². The Morgan fingerprint density at radius 2 is 2.00 bits per heavy atom. The zero-order valence-electron chi connectivity index (χ0n) is 12.2. The minimum absolute atomic E-state index is 0.314. The summed E-state index contributed by atoms with van der Waals surface area (Å²) in [6.45, 7) is 1.56. The summed E-state index contributed by atoms with van der Waals surface area (Å²) >= 11 is 0. The highest BCUT2D eigenvalue weighted by molar-refractivity contribution is 5.81. The molecule has 0 bridgehead atoms. The van der Waals surface area contributed by atoms with Crippen LogP contribution >= 0.6 is 0 Å². The number of carbonyl (C=O) groups excluding carboxylic acids is 1. The Morgan fingerprint density at radius 1 is 1.32 bits per heavy atom. The average Bonchev–Trinajstić information content (AvgIpc) is 3.04. The third-order valence-corrected chi connectivity index (χ3v) is 4.34. The summed E-state index contributed by atoms with van der Waals surface area (Å²) in [4.78, 5) is 13.9. The first kappa shape index (κ1) is 14.7. The Hall–Kier alpha value is -2.21. The molecule has 1 aliphatic heterocycles. The van der Waals surface area contributed by atoms with Gasteiger partial charge in [0.15, 0.2) is 0 Å². The van der Waals surface area contributed by atoms with Crippen LogP contribution in [-0.4, -0.2) is 34.1 Å². The van der Waals surface area contributed by atoms with Crippen LogP contribution in [0, 0.1) is 5.82 Å². The van der Waals surface area contributed by atoms with E-state index in [2.05, 4.69) is 15.1 Å². The maximum absolute atomic E-state index is 13.1. The molecule has 1 amide bonds. The molecule has 3 rings (SSSR count). The van der Waals surface area contributed by atoms with Crippen molar-refractivity contribution in [3.63, 3.8) is 0 Å². The fourth-order valence-corrected chi connectivity index (χ4v) is 3.18. The molecule has 0 saturated carbocycles. The summed E-state index contributed by atoms with van der Waals surface area (Å²) in [5.74, 6) is -0.254. The van der Waals surface area contributed by atoms with Crippen molar-refractivity contribution < 1.29 is 9.18 Å². The van der Waals surface area contributed by atoms with Crippen LogP contribution in [0.5, 0.6) is 0 Å².